The number of benzene rings is 2. The standard InChI is InChI=1S/C19H20ClNO3/c1-2-17(14-7-5-8-15(20)12-14)21-18(22)11-10-13-6-3-4-9-16(13)19(23)24/h3-9,12,17H,2,10-11H2,1H3,(H,21,22)(H,23,24). The van der Waals surface area contributed by atoms with E-state index >= 15 is 0 Å². The number of carboxylic acid groups (broad SMARTS) is 1. The second-order valence-corrected chi connectivity index (χ2v) is 5.98. The molecular formula is C19H20ClNO3. The van der Waals surface area contributed by atoms with E-state index in [9.17, 15) is 14.7 Å². The maximum absolute atomic E-state index is 12.2. The fraction of sp³-hybridized carbons (Fsp3) is 0.263. The van der Waals surface area contributed by atoms with E-state index in [4.69, 9.17) is 11.6 Å². The highest BCUT2D eigenvalue weighted by atomic mass is 35.5. The van der Waals surface area contributed by atoms with Gasteiger partial charge in [0.2, 0.25) is 5.91 Å². The van der Waals surface area contributed by atoms with E-state index in [1.165, 1.54) is 0 Å². The Hall–Kier alpha value is -2.33. The first-order valence-corrected chi connectivity index (χ1v) is 8.25. The number of carboxylic acids is 1. The summed E-state index contributed by atoms with van der Waals surface area (Å²) in [5.41, 5.74) is 1.87. The molecule has 2 aromatic rings. The van der Waals surface area contributed by atoms with E-state index < -0.39 is 5.97 Å². The zero-order valence-electron chi connectivity index (χ0n) is 13.5. The van der Waals surface area contributed by atoms with E-state index in [0.29, 0.717) is 17.0 Å². The fourth-order valence-electron chi connectivity index (χ4n) is 2.61. The smallest absolute Gasteiger partial charge is 0.335 e. The molecule has 0 spiro atoms. The van der Waals surface area contributed by atoms with E-state index in [1.807, 2.05) is 25.1 Å². The molecule has 4 nitrogen and oxygen atoms in total. The molecule has 0 aliphatic heterocycles. The highest BCUT2D eigenvalue weighted by Gasteiger charge is 2.15. The summed E-state index contributed by atoms with van der Waals surface area (Å²) in [6, 6.07) is 14.1. The number of halogens is 1. The SMILES string of the molecule is CCC(NC(=O)CCc1ccccc1C(=O)O)c1cccc(Cl)c1. The summed E-state index contributed by atoms with van der Waals surface area (Å²) in [5.74, 6) is -1.08. The van der Waals surface area contributed by atoms with Gasteiger partial charge in [-0.2, -0.15) is 0 Å². The summed E-state index contributed by atoms with van der Waals surface area (Å²) in [4.78, 5) is 23.4. The summed E-state index contributed by atoms with van der Waals surface area (Å²) in [6.45, 7) is 1.99. The number of hydrogen-bond acceptors (Lipinski definition) is 2. The van der Waals surface area contributed by atoms with Crippen molar-refractivity contribution in [2.75, 3.05) is 0 Å². The normalized spacial score (nSPS) is 11.8. The highest BCUT2D eigenvalue weighted by Crippen LogP contribution is 2.20. The van der Waals surface area contributed by atoms with Gasteiger partial charge < -0.3 is 10.4 Å². The van der Waals surface area contributed by atoms with Gasteiger partial charge in [-0.3, -0.25) is 4.79 Å². The third-order valence-electron chi connectivity index (χ3n) is 3.86. The minimum atomic E-state index is -0.976. The van der Waals surface area contributed by atoms with Crippen molar-refractivity contribution in [3.8, 4) is 0 Å². The number of hydrogen-bond donors (Lipinski definition) is 2. The molecule has 0 bridgehead atoms. The molecule has 24 heavy (non-hydrogen) atoms. The predicted octanol–water partition coefficient (Wildman–Crippen LogP) is 4.24. The van der Waals surface area contributed by atoms with Gasteiger partial charge >= 0.3 is 5.97 Å². The monoisotopic (exact) mass is 345 g/mol. The molecule has 0 saturated carbocycles. The van der Waals surface area contributed by atoms with Crippen LogP contribution in [-0.2, 0) is 11.2 Å². The lowest BCUT2D eigenvalue weighted by Crippen LogP contribution is -2.28. The molecular weight excluding hydrogens is 326 g/mol. The summed E-state index contributed by atoms with van der Waals surface area (Å²) in [7, 11) is 0. The Morgan fingerprint density at radius 3 is 2.58 bits per heavy atom. The van der Waals surface area contributed by atoms with Crippen molar-refractivity contribution in [1.82, 2.24) is 5.32 Å². The Balaban J connectivity index is 1.99. The highest BCUT2D eigenvalue weighted by molar-refractivity contribution is 6.30. The zero-order chi connectivity index (χ0) is 17.5. The Kier molecular flexibility index (Phi) is 6.38. The second kappa shape index (κ2) is 8.50. The molecule has 1 amide bonds. The van der Waals surface area contributed by atoms with E-state index in [0.717, 1.165) is 12.0 Å². The lowest BCUT2D eigenvalue weighted by molar-refractivity contribution is -0.121. The molecule has 2 N–H and O–H groups in total. The van der Waals surface area contributed by atoms with Gasteiger partial charge in [-0.1, -0.05) is 48.9 Å². The van der Waals surface area contributed by atoms with Crippen molar-refractivity contribution < 1.29 is 14.7 Å². The molecule has 1 atom stereocenters. The van der Waals surface area contributed by atoms with Crippen molar-refractivity contribution in [2.24, 2.45) is 0 Å². The van der Waals surface area contributed by atoms with Gasteiger partial charge in [-0.15, -0.1) is 0 Å². The third kappa shape index (κ3) is 4.83. The van der Waals surface area contributed by atoms with Crippen LogP contribution in [0.4, 0.5) is 0 Å². The van der Waals surface area contributed by atoms with Crippen LogP contribution in [-0.4, -0.2) is 17.0 Å². The molecule has 126 valence electrons. The van der Waals surface area contributed by atoms with E-state index in [2.05, 4.69) is 5.32 Å². The first-order valence-electron chi connectivity index (χ1n) is 7.87. The molecule has 0 heterocycles. The molecule has 0 fully saturated rings. The summed E-state index contributed by atoms with van der Waals surface area (Å²) < 4.78 is 0. The molecule has 5 heteroatoms. The maximum Gasteiger partial charge on any atom is 0.335 e. The van der Waals surface area contributed by atoms with Crippen LogP contribution in [0.25, 0.3) is 0 Å². The van der Waals surface area contributed by atoms with Gasteiger partial charge in [0.25, 0.3) is 0 Å². The van der Waals surface area contributed by atoms with E-state index in [1.54, 1.807) is 30.3 Å². The quantitative estimate of drug-likeness (QED) is 0.788. The van der Waals surface area contributed by atoms with Crippen LogP contribution in [0.3, 0.4) is 0 Å². The second-order valence-electron chi connectivity index (χ2n) is 5.55. The topological polar surface area (TPSA) is 66.4 Å². The molecule has 2 rings (SSSR count). The summed E-state index contributed by atoms with van der Waals surface area (Å²) in [5, 5.41) is 12.8. The largest absolute Gasteiger partial charge is 0.478 e. The van der Waals surface area contributed by atoms with Crippen molar-refractivity contribution in [1.29, 1.82) is 0 Å². The van der Waals surface area contributed by atoms with Crippen molar-refractivity contribution in [3.05, 3.63) is 70.2 Å². The molecule has 2 aromatic carbocycles. The number of carbonyl (C=O) groups excluding carboxylic acids is 1. The Morgan fingerprint density at radius 1 is 1.17 bits per heavy atom. The van der Waals surface area contributed by atoms with Gasteiger partial charge in [0, 0.05) is 11.4 Å². The van der Waals surface area contributed by atoms with E-state index in [-0.39, 0.29) is 23.9 Å². The number of nitrogens with one attached hydrogen (secondary N) is 1. The number of amides is 1. The van der Waals surface area contributed by atoms with Crippen molar-refractivity contribution >= 4 is 23.5 Å². The minimum absolute atomic E-state index is 0.106. The summed E-state index contributed by atoms with van der Waals surface area (Å²) in [6.07, 6.45) is 1.37. The lowest BCUT2D eigenvalue weighted by Gasteiger charge is -2.18. The zero-order valence-corrected chi connectivity index (χ0v) is 14.2. The van der Waals surface area contributed by atoms with Crippen molar-refractivity contribution in [3.63, 3.8) is 0 Å². The van der Waals surface area contributed by atoms with Gasteiger partial charge in [0.15, 0.2) is 0 Å². The van der Waals surface area contributed by atoms with Crippen molar-refractivity contribution in [2.45, 2.75) is 32.2 Å². The van der Waals surface area contributed by atoms with Crippen LogP contribution in [0.1, 0.15) is 47.3 Å². The minimum Gasteiger partial charge on any atom is -0.478 e. The maximum atomic E-state index is 12.2. The van der Waals surface area contributed by atoms with Gasteiger partial charge in [-0.05, 0) is 42.2 Å². The molecule has 0 aliphatic carbocycles. The van der Waals surface area contributed by atoms with Crippen LogP contribution < -0.4 is 5.32 Å². The van der Waals surface area contributed by atoms with Crippen LogP contribution >= 0.6 is 11.6 Å². The van der Waals surface area contributed by atoms with Crippen LogP contribution in [0, 0.1) is 0 Å². The van der Waals surface area contributed by atoms with Crippen LogP contribution in [0.5, 0.6) is 0 Å². The average Bonchev–Trinajstić information content (AvgIpc) is 2.58. The van der Waals surface area contributed by atoms with Crippen LogP contribution in [0.2, 0.25) is 5.02 Å². The first-order chi connectivity index (χ1) is 11.5. The number of rotatable bonds is 7. The Morgan fingerprint density at radius 2 is 1.92 bits per heavy atom. The van der Waals surface area contributed by atoms with Gasteiger partial charge in [-0.25, -0.2) is 4.79 Å². The fourth-order valence-corrected chi connectivity index (χ4v) is 2.80. The first kappa shape index (κ1) is 18.0. The Labute approximate surface area is 146 Å². The van der Waals surface area contributed by atoms with Crippen LogP contribution in [0.15, 0.2) is 48.5 Å². The molecule has 0 saturated heterocycles. The molecule has 1 unspecified atom stereocenters. The number of aromatic carboxylic acids is 1. The average molecular weight is 346 g/mol. The summed E-state index contributed by atoms with van der Waals surface area (Å²) >= 11 is 6.00. The van der Waals surface area contributed by atoms with Gasteiger partial charge in [0.05, 0.1) is 11.6 Å². The lowest BCUT2D eigenvalue weighted by atomic mass is 10.0. The van der Waals surface area contributed by atoms with Gasteiger partial charge in [0.1, 0.15) is 0 Å². The molecule has 0 aromatic heterocycles. The molecule has 0 aliphatic rings. The number of aryl methyl sites for hydroxylation is 1. The Bertz CT molecular complexity index is 730. The predicted molar refractivity (Wildman–Crippen MR) is 94.3 cm³/mol. The molecule has 0 radical (unpaired) electrons. The third-order valence-corrected chi connectivity index (χ3v) is 4.10. The number of carbonyl (C=O) groups is 2.